The summed E-state index contributed by atoms with van der Waals surface area (Å²) >= 11 is 0. The summed E-state index contributed by atoms with van der Waals surface area (Å²) in [5, 5.41) is 21.1. The molecule has 0 aliphatic heterocycles. The molecule has 2 nitrogen and oxygen atoms in total. The van der Waals surface area contributed by atoms with E-state index in [-0.39, 0.29) is 5.41 Å². The Hall–Kier alpha value is -0.550. The number of nitrogens with zero attached hydrogens (tertiary/aromatic N) is 1. The van der Waals surface area contributed by atoms with Crippen molar-refractivity contribution in [2.45, 2.75) is 77.7 Å². The minimum absolute atomic E-state index is 0.113. The molecular weight excluding hydrogens is 222 g/mol. The zero-order valence-corrected chi connectivity index (χ0v) is 12.1. The number of hydrogen-bond acceptors (Lipinski definition) is 2. The maximum absolute atomic E-state index is 11.3. The molecule has 18 heavy (non-hydrogen) atoms. The first-order chi connectivity index (χ1) is 8.41. The van der Waals surface area contributed by atoms with Crippen LogP contribution in [0.15, 0.2) is 0 Å². The summed E-state index contributed by atoms with van der Waals surface area (Å²) in [6, 6.07) is 2.57. The van der Waals surface area contributed by atoms with Gasteiger partial charge >= 0.3 is 0 Å². The van der Waals surface area contributed by atoms with Crippen molar-refractivity contribution in [3.8, 4) is 6.07 Å². The average Bonchev–Trinajstić information content (AvgIpc) is 2.65. The Morgan fingerprint density at radius 3 is 2.44 bits per heavy atom. The Morgan fingerprint density at radius 1 is 1.22 bits per heavy atom. The normalized spacial score (nSPS) is 43.6. The van der Waals surface area contributed by atoms with Crippen molar-refractivity contribution < 1.29 is 5.11 Å². The number of nitriles is 1. The van der Waals surface area contributed by atoms with Crippen molar-refractivity contribution in [3.63, 3.8) is 0 Å². The van der Waals surface area contributed by atoms with E-state index in [9.17, 15) is 10.4 Å². The van der Waals surface area contributed by atoms with Crippen LogP contribution in [0.2, 0.25) is 0 Å². The largest absolute Gasteiger partial charge is 0.388 e. The lowest BCUT2D eigenvalue weighted by molar-refractivity contribution is -0.140. The van der Waals surface area contributed by atoms with Gasteiger partial charge in [-0.05, 0) is 43.4 Å². The zero-order valence-electron chi connectivity index (χ0n) is 12.1. The lowest BCUT2D eigenvalue weighted by Gasteiger charge is -2.51. The molecule has 3 atom stereocenters. The van der Waals surface area contributed by atoms with Crippen molar-refractivity contribution in [1.29, 1.82) is 5.26 Å². The van der Waals surface area contributed by atoms with E-state index in [0.717, 1.165) is 44.9 Å². The van der Waals surface area contributed by atoms with E-state index in [4.69, 9.17) is 0 Å². The summed E-state index contributed by atoms with van der Waals surface area (Å²) in [6.45, 7) is 6.51. The van der Waals surface area contributed by atoms with Crippen LogP contribution in [0.5, 0.6) is 0 Å². The first kappa shape index (κ1) is 13.9. The maximum atomic E-state index is 11.3. The second-order valence-electron chi connectivity index (χ2n) is 7.16. The van der Waals surface area contributed by atoms with Gasteiger partial charge in [0.25, 0.3) is 0 Å². The van der Waals surface area contributed by atoms with Gasteiger partial charge in [0.15, 0.2) is 0 Å². The van der Waals surface area contributed by atoms with Crippen LogP contribution in [-0.2, 0) is 0 Å². The first-order valence-corrected chi connectivity index (χ1v) is 7.54. The van der Waals surface area contributed by atoms with Crippen LogP contribution in [0.1, 0.15) is 72.1 Å². The van der Waals surface area contributed by atoms with Gasteiger partial charge in [0.2, 0.25) is 0 Å². The van der Waals surface area contributed by atoms with E-state index in [2.05, 4.69) is 26.8 Å². The van der Waals surface area contributed by atoms with Gasteiger partial charge in [-0.25, -0.2) is 0 Å². The Kier molecular flexibility index (Phi) is 3.49. The number of aliphatic hydroxyl groups is 1. The third-order valence-corrected chi connectivity index (χ3v) is 5.90. The van der Waals surface area contributed by atoms with E-state index in [1.807, 2.05) is 0 Å². The Labute approximate surface area is 111 Å². The third-order valence-electron chi connectivity index (χ3n) is 5.90. The van der Waals surface area contributed by atoms with Crippen LogP contribution in [0, 0.1) is 28.1 Å². The monoisotopic (exact) mass is 249 g/mol. The average molecular weight is 249 g/mol. The van der Waals surface area contributed by atoms with Gasteiger partial charge < -0.3 is 5.11 Å². The highest BCUT2D eigenvalue weighted by Gasteiger charge is 2.61. The second kappa shape index (κ2) is 4.53. The van der Waals surface area contributed by atoms with Gasteiger partial charge in [0.1, 0.15) is 0 Å². The molecule has 2 heteroatoms. The van der Waals surface area contributed by atoms with E-state index in [1.165, 1.54) is 6.42 Å². The van der Waals surface area contributed by atoms with Crippen LogP contribution >= 0.6 is 0 Å². The quantitative estimate of drug-likeness (QED) is 0.802. The summed E-state index contributed by atoms with van der Waals surface area (Å²) in [4.78, 5) is 0. The van der Waals surface area contributed by atoms with Crippen molar-refractivity contribution >= 4 is 0 Å². The molecular formula is C16H27NO. The Balaban J connectivity index is 2.35. The molecule has 102 valence electrons. The molecule has 1 N–H and O–H groups in total. The van der Waals surface area contributed by atoms with Gasteiger partial charge in [-0.15, -0.1) is 0 Å². The summed E-state index contributed by atoms with van der Waals surface area (Å²) in [5.74, 6) is 0.624. The Morgan fingerprint density at radius 2 is 1.94 bits per heavy atom. The number of rotatable bonds is 2. The van der Waals surface area contributed by atoms with Crippen LogP contribution in [-0.4, -0.2) is 10.7 Å². The molecule has 0 bridgehead atoms. The van der Waals surface area contributed by atoms with Gasteiger partial charge in [-0.3, -0.25) is 0 Å². The molecule has 2 aliphatic rings. The highest BCUT2D eigenvalue weighted by atomic mass is 16.3. The molecule has 2 rings (SSSR count). The fraction of sp³-hybridized carbons (Fsp3) is 0.938. The van der Waals surface area contributed by atoms with Crippen molar-refractivity contribution in [1.82, 2.24) is 0 Å². The molecule has 3 unspecified atom stereocenters. The fourth-order valence-electron chi connectivity index (χ4n) is 4.53. The van der Waals surface area contributed by atoms with Crippen molar-refractivity contribution in [3.05, 3.63) is 0 Å². The summed E-state index contributed by atoms with van der Waals surface area (Å²) in [6.07, 6.45) is 8.18. The predicted octanol–water partition coefficient (Wildman–Crippen LogP) is 4.04. The van der Waals surface area contributed by atoms with E-state index in [0.29, 0.717) is 5.92 Å². The van der Waals surface area contributed by atoms with E-state index >= 15 is 0 Å². The highest BCUT2D eigenvalue weighted by molar-refractivity contribution is 5.19. The number of hydrogen-bond donors (Lipinski definition) is 1. The highest BCUT2D eigenvalue weighted by Crippen LogP contribution is 2.60. The topological polar surface area (TPSA) is 44.0 Å². The molecule has 0 saturated heterocycles. The lowest BCUT2D eigenvalue weighted by atomic mass is 9.54. The first-order valence-electron chi connectivity index (χ1n) is 7.54. The molecule has 2 saturated carbocycles. The lowest BCUT2D eigenvalue weighted by Crippen LogP contribution is -2.56. The van der Waals surface area contributed by atoms with Gasteiger partial charge in [-0.2, -0.15) is 5.26 Å². The predicted molar refractivity (Wildman–Crippen MR) is 72.9 cm³/mol. The van der Waals surface area contributed by atoms with Crippen LogP contribution in [0.4, 0.5) is 0 Å². The van der Waals surface area contributed by atoms with Gasteiger partial charge in [-0.1, -0.05) is 40.0 Å². The summed E-state index contributed by atoms with van der Waals surface area (Å²) in [5.41, 5.74) is -1.38. The molecule has 0 radical (unpaired) electrons. The SMILES string of the molecule is CCC1CCCC(C#N)(C2(O)CCCC2(C)C)C1. The molecule has 2 aliphatic carbocycles. The van der Waals surface area contributed by atoms with Crippen LogP contribution in [0.3, 0.4) is 0 Å². The molecule has 2 fully saturated rings. The third kappa shape index (κ3) is 1.79. The second-order valence-corrected chi connectivity index (χ2v) is 7.16. The van der Waals surface area contributed by atoms with Crippen LogP contribution in [0.25, 0.3) is 0 Å². The smallest absolute Gasteiger partial charge is 0.0883 e. The van der Waals surface area contributed by atoms with Gasteiger partial charge in [0, 0.05) is 0 Å². The fourth-order valence-corrected chi connectivity index (χ4v) is 4.53. The van der Waals surface area contributed by atoms with Crippen molar-refractivity contribution in [2.75, 3.05) is 0 Å². The Bertz CT molecular complexity index is 357. The van der Waals surface area contributed by atoms with E-state index in [1.54, 1.807) is 0 Å². The molecule has 0 aromatic carbocycles. The van der Waals surface area contributed by atoms with Gasteiger partial charge in [0.05, 0.1) is 17.1 Å². The summed E-state index contributed by atoms with van der Waals surface area (Å²) < 4.78 is 0. The van der Waals surface area contributed by atoms with Crippen LogP contribution < -0.4 is 0 Å². The molecule has 0 amide bonds. The maximum Gasteiger partial charge on any atom is 0.0883 e. The van der Waals surface area contributed by atoms with Crippen molar-refractivity contribution in [2.24, 2.45) is 16.7 Å². The zero-order chi connectivity index (χ0) is 13.4. The standard InChI is InChI=1S/C16H27NO/c1-4-13-7-5-9-15(11-13,12-17)16(18)10-6-8-14(16,2)3/h13,18H,4-11H2,1-3H3. The molecule has 0 aromatic heterocycles. The molecule has 0 spiro atoms. The molecule has 0 aromatic rings. The molecule has 0 heterocycles. The summed E-state index contributed by atoms with van der Waals surface area (Å²) in [7, 11) is 0. The minimum Gasteiger partial charge on any atom is -0.388 e. The minimum atomic E-state index is -0.775. The van der Waals surface area contributed by atoms with E-state index < -0.39 is 11.0 Å².